The maximum absolute atomic E-state index is 3.59. The van der Waals surface area contributed by atoms with Crippen molar-refractivity contribution in [2.75, 3.05) is 18.6 Å². The molecule has 13 heavy (non-hydrogen) atoms. The fourth-order valence-corrected chi connectivity index (χ4v) is 1.98. The van der Waals surface area contributed by atoms with Gasteiger partial charge in [-0.3, -0.25) is 0 Å². The molecule has 0 aromatic carbocycles. The zero-order valence-electron chi connectivity index (χ0n) is 9.60. The van der Waals surface area contributed by atoms with Crippen LogP contribution in [0.1, 0.15) is 40.0 Å². The topological polar surface area (TPSA) is 12.0 Å². The third kappa shape index (κ3) is 8.63. The fraction of sp³-hybridized carbons (Fsp3) is 1.00. The predicted octanol–water partition coefficient (Wildman–Crippen LogP) is 3.15. The average Bonchev–Trinajstić information content (AvgIpc) is 2.12. The minimum Gasteiger partial charge on any atom is -0.314 e. The van der Waals surface area contributed by atoms with Crippen molar-refractivity contribution in [1.82, 2.24) is 5.32 Å². The molecule has 0 aliphatic rings. The number of rotatable bonds is 8. The quantitative estimate of drug-likeness (QED) is 0.650. The number of thioether (sulfide) groups is 1. The molecule has 0 amide bonds. The molecule has 0 aliphatic heterocycles. The molecule has 1 nitrogen and oxygen atoms in total. The first kappa shape index (κ1) is 13.3. The molecule has 2 unspecified atom stereocenters. The summed E-state index contributed by atoms with van der Waals surface area (Å²) in [5.41, 5.74) is 0. The van der Waals surface area contributed by atoms with Crippen molar-refractivity contribution >= 4 is 11.8 Å². The summed E-state index contributed by atoms with van der Waals surface area (Å²) in [5.74, 6) is 2.11. The van der Waals surface area contributed by atoms with Gasteiger partial charge in [0.15, 0.2) is 0 Å². The Morgan fingerprint density at radius 1 is 1.23 bits per heavy atom. The van der Waals surface area contributed by atoms with E-state index in [0.717, 1.165) is 5.92 Å². The van der Waals surface area contributed by atoms with E-state index in [9.17, 15) is 0 Å². The van der Waals surface area contributed by atoms with E-state index >= 15 is 0 Å². The molecule has 80 valence electrons. The molecule has 0 radical (unpaired) electrons. The van der Waals surface area contributed by atoms with Gasteiger partial charge < -0.3 is 5.32 Å². The first-order valence-electron chi connectivity index (χ1n) is 5.43. The summed E-state index contributed by atoms with van der Waals surface area (Å²) in [4.78, 5) is 0. The summed E-state index contributed by atoms with van der Waals surface area (Å²) in [7, 11) is 0. The Labute approximate surface area is 88.1 Å². The van der Waals surface area contributed by atoms with Gasteiger partial charge in [0.05, 0.1) is 0 Å². The second-order valence-electron chi connectivity index (χ2n) is 3.98. The van der Waals surface area contributed by atoms with Gasteiger partial charge in [-0.2, -0.15) is 11.8 Å². The molecule has 2 heteroatoms. The Hall–Kier alpha value is 0.310. The maximum Gasteiger partial charge on any atom is 0.00466 e. The maximum atomic E-state index is 3.59. The van der Waals surface area contributed by atoms with E-state index in [4.69, 9.17) is 0 Å². The third-order valence-electron chi connectivity index (χ3n) is 2.35. The Bertz CT molecular complexity index is 106. The fourth-order valence-electron chi connectivity index (χ4n) is 1.39. The second kappa shape index (κ2) is 8.89. The van der Waals surface area contributed by atoms with Crippen molar-refractivity contribution in [2.45, 2.75) is 46.1 Å². The van der Waals surface area contributed by atoms with E-state index in [-0.39, 0.29) is 0 Å². The van der Waals surface area contributed by atoms with Crippen LogP contribution in [0.15, 0.2) is 0 Å². The molecule has 0 spiro atoms. The van der Waals surface area contributed by atoms with Gasteiger partial charge in [0.2, 0.25) is 0 Å². The predicted molar refractivity (Wildman–Crippen MR) is 64.5 cm³/mol. The SMILES string of the molecule is CCCC(C)CNC(C)CCSC. The van der Waals surface area contributed by atoms with Crippen LogP contribution >= 0.6 is 11.8 Å². The van der Waals surface area contributed by atoms with Crippen LogP contribution in [0.25, 0.3) is 0 Å². The minimum absolute atomic E-state index is 0.687. The summed E-state index contributed by atoms with van der Waals surface area (Å²) >= 11 is 1.93. The van der Waals surface area contributed by atoms with Crippen molar-refractivity contribution in [3.8, 4) is 0 Å². The van der Waals surface area contributed by atoms with Gasteiger partial charge in [-0.05, 0) is 44.2 Å². The lowest BCUT2D eigenvalue weighted by molar-refractivity contribution is 0.433. The molecule has 0 fully saturated rings. The van der Waals surface area contributed by atoms with Crippen molar-refractivity contribution in [3.63, 3.8) is 0 Å². The molecular weight excluding hydrogens is 178 g/mol. The Kier molecular flexibility index (Phi) is 9.10. The second-order valence-corrected chi connectivity index (χ2v) is 4.97. The van der Waals surface area contributed by atoms with Crippen LogP contribution in [0, 0.1) is 5.92 Å². The summed E-state index contributed by atoms with van der Waals surface area (Å²) in [6, 6.07) is 0.687. The van der Waals surface area contributed by atoms with Crippen LogP contribution in [-0.2, 0) is 0 Å². The largest absolute Gasteiger partial charge is 0.314 e. The highest BCUT2D eigenvalue weighted by atomic mass is 32.2. The highest BCUT2D eigenvalue weighted by molar-refractivity contribution is 7.98. The van der Waals surface area contributed by atoms with Gasteiger partial charge in [-0.15, -0.1) is 0 Å². The summed E-state index contributed by atoms with van der Waals surface area (Å²) < 4.78 is 0. The lowest BCUT2D eigenvalue weighted by Crippen LogP contribution is -2.30. The van der Waals surface area contributed by atoms with E-state index in [0.29, 0.717) is 6.04 Å². The van der Waals surface area contributed by atoms with Crippen LogP contribution in [0.3, 0.4) is 0 Å². The van der Waals surface area contributed by atoms with E-state index in [2.05, 4.69) is 32.3 Å². The summed E-state index contributed by atoms with van der Waals surface area (Å²) in [5, 5.41) is 3.59. The average molecular weight is 203 g/mol. The number of hydrogen-bond donors (Lipinski definition) is 1. The molecule has 0 saturated heterocycles. The molecule has 0 aliphatic carbocycles. The first-order chi connectivity index (χ1) is 6.20. The van der Waals surface area contributed by atoms with Gasteiger partial charge in [0.25, 0.3) is 0 Å². The highest BCUT2D eigenvalue weighted by Crippen LogP contribution is 2.05. The van der Waals surface area contributed by atoms with Crippen molar-refractivity contribution < 1.29 is 0 Å². The highest BCUT2D eigenvalue weighted by Gasteiger charge is 2.03. The lowest BCUT2D eigenvalue weighted by atomic mass is 10.1. The van der Waals surface area contributed by atoms with Gasteiger partial charge >= 0.3 is 0 Å². The normalized spacial score (nSPS) is 15.7. The third-order valence-corrected chi connectivity index (χ3v) is 3.00. The van der Waals surface area contributed by atoms with Crippen molar-refractivity contribution in [3.05, 3.63) is 0 Å². The molecule has 1 N–H and O–H groups in total. The van der Waals surface area contributed by atoms with Crippen molar-refractivity contribution in [2.24, 2.45) is 5.92 Å². The zero-order chi connectivity index (χ0) is 10.1. The number of hydrogen-bond acceptors (Lipinski definition) is 2. The van der Waals surface area contributed by atoms with Crippen LogP contribution in [0.4, 0.5) is 0 Å². The van der Waals surface area contributed by atoms with Gasteiger partial charge in [0.1, 0.15) is 0 Å². The van der Waals surface area contributed by atoms with Gasteiger partial charge in [0, 0.05) is 6.04 Å². The molecule has 0 rings (SSSR count). The van der Waals surface area contributed by atoms with E-state index in [1.807, 2.05) is 11.8 Å². The number of nitrogens with one attached hydrogen (secondary N) is 1. The Morgan fingerprint density at radius 3 is 2.46 bits per heavy atom. The summed E-state index contributed by atoms with van der Waals surface area (Å²) in [6.45, 7) is 8.06. The van der Waals surface area contributed by atoms with Crippen molar-refractivity contribution in [1.29, 1.82) is 0 Å². The lowest BCUT2D eigenvalue weighted by Gasteiger charge is -2.16. The van der Waals surface area contributed by atoms with E-state index in [1.165, 1.54) is 31.6 Å². The molecule has 0 heterocycles. The minimum atomic E-state index is 0.687. The Morgan fingerprint density at radius 2 is 1.92 bits per heavy atom. The molecule has 0 bridgehead atoms. The van der Waals surface area contributed by atoms with Crippen LogP contribution in [0.2, 0.25) is 0 Å². The van der Waals surface area contributed by atoms with Gasteiger partial charge in [-0.25, -0.2) is 0 Å². The van der Waals surface area contributed by atoms with E-state index < -0.39 is 0 Å². The van der Waals surface area contributed by atoms with Crippen LogP contribution in [0.5, 0.6) is 0 Å². The first-order valence-corrected chi connectivity index (χ1v) is 6.82. The molecule has 0 aromatic rings. The zero-order valence-corrected chi connectivity index (χ0v) is 10.4. The van der Waals surface area contributed by atoms with Gasteiger partial charge in [-0.1, -0.05) is 20.3 Å². The van der Waals surface area contributed by atoms with Crippen LogP contribution in [-0.4, -0.2) is 24.6 Å². The smallest absolute Gasteiger partial charge is 0.00466 e. The molecule has 0 saturated carbocycles. The molecule has 2 atom stereocenters. The van der Waals surface area contributed by atoms with Crippen LogP contribution < -0.4 is 5.32 Å². The Balaban J connectivity index is 3.29. The molecule has 0 aromatic heterocycles. The van der Waals surface area contributed by atoms with E-state index in [1.54, 1.807) is 0 Å². The monoisotopic (exact) mass is 203 g/mol. The molecular formula is C11H25NS. The summed E-state index contributed by atoms with van der Waals surface area (Å²) in [6.07, 6.45) is 6.12. The standard InChI is InChI=1S/C11H25NS/c1-5-6-10(2)9-12-11(3)7-8-13-4/h10-12H,5-9H2,1-4H3.